The molecule has 0 amide bonds. The van der Waals surface area contributed by atoms with E-state index in [2.05, 4.69) is 0 Å². The maximum Gasteiger partial charge on any atom is 3.00 e. The molecule has 34 heavy (non-hydrogen) atoms. The van der Waals surface area contributed by atoms with Crippen LogP contribution in [0.25, 0.3) is 0 Å². The summed E-state index contributed by atoms with van der Waals surface area (Å²) in [5, 5.41) is 0. The van der Waals surface area contributed by atoms with Gasteiger partial charge in [0.1, 0.15) is 0 Å². The molecular weight excluding hydrogens is 504 g/mol. The van der Waals surface area contributed by atoms with Crippen LogP contribution in [-0.4, -0.2) is 35.8 Å². The number of hydrogen-bond acceptors (Lipinski definition) is 6. The molecule has 0 aliphatic heterocycles. The molecule has 0 aliphatic rings. The monoisotopic (exact) mass is 534 g/mol. The average Bonchev–Trinajstić information content (AvgIpc) is 2.83. The van der Waals surface area contributed by atoms with Crippen LogP contribution in [0.3, 0.4) is 0 Å². The van der Waals surface area contributed by atoms with Gasteiger partial charge in [0, 0.05) is 24.1 Å². The van der Waals surface area contributed by atoms with Crippen LogP contribution < -0.4 is 14.7 Å². The molecule has 10 heteroatoms. The quantitative estimate of drug-likeness (QED) is 0.308. The van der Waals surface area contributed by atoms with E-state index in [1.54, 1.807) is 0 Å². The van der Waals surface area contributed by atoms with Crippen molar-refractivity contribution in [2.45, 2.75) is 19.3 Å². The SMILES string of the molecule is O=[PH]([O-])CCc1ccccc1.O=[PH]([O-])CCc1ccccc1.O=[PH]([O-])CCc1ccccc1.[Al+3]. The molecule has 6 nitrogen and oxygen atoms in total. The molecule has 0 fully saturated rings. The zero-order chi connectivity index (χ0) is 24.3. The molecular formula is C24H30AlO6P3. The largest absolute Gasteiger partial charge is 3.00 e. The minimum absolute atomic E-state index is 0. The van der Waals surface area contributed by atoms with Gasteiger partial charge < -0.3 is 28.4 Å². The van der Waals surface area contributed by atoms with Crippen LogP contribution in [0.1, 0.15) is 16.7 Å². The zero-order valence-corrected chi connectivity index (χ0v) is 23.1. The van der Waals surface area contributed by atoms with E-state index in [9.17, 15) is 28.4 Å². The Labute approximate surface area is 214 Å². The van der Waals surface area contributed by atoms with Gasteiger partial charge in [-0.1, -0.05) is 91.0 Å². The smallest absolute Gasteiger partial charge is 0.802 e. The van der Waals surface area contributed by atoms with Crippen molar-refractivity contribution >= 4 is 41.4 Å². The van der Waals surface area contributed by atoms with E-state index in [0.717, 1.165) is 16.7 Å². The van der Waals surface area contributed by atoms with Crippen LogP contribution >= 0.6 is 24.1 Å². The van der Waals surface area contributed by atoms with Crippen molar-refractivity contribution < 1.29 is 28.4 Å². The third-order valence-electron chi connectivity index (χ3n) is 4.38. The molecule has 3 atom stereocenters. The Kier molecular flexibility index (Phi) is 20.3. The van der Waals surface area contributed by atoms with Crippen LogP contribution in [0.5, 0.6) is 0 Å². The van der Waals surface area contributed by atoms with Gasteiger partial charge in [0.15, 0.2) is 0 Å². The second-order valence-corrected chi connectivity index (χ2v) is 10.8. The van der Waals surface area contributed by atoms with Crippen LogP contribution in [-0.2, 0) is 33.0 Å². The first-order valence-electron chi connectivity index (χ1n) is 10.6. The van der Waals surface area contributed by atoms with Crippen molar-refractivity contribution in [2.75, 3.05) is 18.5 Å². The van der Waals surface area contributed by atoms with Gasteiger partial charge in [0.25, 0.3) is 0 Å². The van der Waals surface area contributed by atoms with Gasteiger partial charge in [-0.25, -0.2) is 0 Å². The second kappa shape index (κ2) is 21.1. The standard InChI is InChI=1S/3C8H11O2P.Al/c3*9-11(10)7-6-8-4-2-1-3-5-8;/h3*1-5,11H,6-7H2,(H,9,10);/q;;;+3/p-3. The summed E-state index contributed by atoms with van der Waals surface area (Å²) in [6.45, 7) is 0. The van der Waals surface area contributed by atoms with E-state index < -0.39 is 24.1 Å². The van der Waals surface area contributed by atoms with E-state index >= 15 is 0 Å². The summed E-state index contributed by atoms with van der Waals surface area (Å²) in [6.07, 6.45) is 2.78. The van der Waals surface area contributed by atoms with Crippen LogP contribution in [0.2, 0.25) is 0 Å². The fourth-order valence-electron chi connectivity index (χ4n) is 2.67. The zero-order valence-electron chi connectivity index (χ0n) is 18.9. The topological polar surface area (TPSA) is 120 Å². The Morgan fingerprint density at radius 3 is 0.824 bits per heavy atom. The summed E-state index contributed by atoms with van der Waals surface area (Å²) in [6, 6.07) is 28.9. The molecule has 0 aromatic heterocycles. The van der Waals surface area contributed by atoms with Gasteiger partial charge in [0.2, 0.25) is 0 Å². The van der Waals surface area contributed by atoms with E-state index in [0.29, 0.717) is 19.3 Å². The maximum atomic E-state index is 10.2. The van der Waals surface area contributed by atoms with Crippen molar-refractivity contribution in [2.24, 2.45) is 0 Å². The molecule has 3 unspecified atom stereocenters. The van der Waals surface area contributed by atoms with Crippen molar-refractivity contribution in [3.05, 3.63) is 108 Å². The predicted molar refractivity (Wildman–Crippen MR) is 138 cm³/mol. The second-order valence-electron chi connectivity index (χ2n) is 7.07. The number of benzene rings is 3. The van der Waals surface area contributed by atoms with Gasteiger partial charge >= 0.3 is 17.4 Å². The minimum Gasteiger partial charge on any atom is -0.802 e. The summed E-state index contributed by atoms with van der Waals surface area (Å²) < 4.78 is 30.7. The Bertz CT molecular complexity index is 833. The molecule has 0 bridgehead atoms. The molecule has 0 saturated carbocycles. The van der Waals surface area contributed by atoms with Gasteiger partial charge in [-0.15, -0.1) is 0 Å². The maximum absolute atomic E-state index is 10.2. The first-order valence-corrected chi connectivity index (χ1v) is 15.1. The number of aryl methyl sites for hydroxylation is 3. The number of hydrogen-bond donors (Lipinski definition) is 0. The van der Waals surface area contributed by atoms with Crippen molar-refractivity contribution in [1.82, 2.24) is 0 Å². The van der Waals surface area contributed by atoms with E-state index in [1.165, 1.54) is 0 Å². The van der Waals surface area contributed by atoms with Crippen molar-refractivity contribution in [1.29, 1.82) is 0 Å². The van der Waals surface area contributed by atoms with E-state index in [-0.39, 0.29) is 35.8 Å². The Morgan fingerprint density at radius 1 is 0.441 bits per heavy atom. The first-order chi connectivity index (χ1) is 15.9. The molecule has 3 aromatic carbocycles. The van der Waals surface area contributed by atoms with Crippen LogP contribution in [0, 0.1) is 0 Å². The van der Waals surface area contributed by atoms with Gasteiger partial charge in [-0.05, 0) is 54.4 Å². The summed E-state index contributed by atoms with van der Waals surface area (Å²) in [7, 11) is -7.60. The fourth-order valence-corrected chi connectivity index (χ4v) is 4.15. The third kappa shape index (κ3) is 19.1. The first kappa shape index (κ1) is 32.8. The molecule has 0 saturated heterocycles. The molecule has 0 N–H and O–H groups in total. The summed E-state index contributed by atoms with van der Waals surface area (Å²) in [5.41, 5.74) is 3.25. The molecule has 0 aliphatic carbocycles. The van der Waals surface area contributed by atoms with E-state index in [4.69, 9.17) is 0 Å². The Morgan fingerprint density at radius 2 is 0.647 bits per heavy atom. The summed E-state index contributed by atoms with van der Waals surface area (Å²) in [5.74, 6) is 0. The van der Waals surface area contributed by atoms with Crippen molar-refractivity contribution in [3.63, 3.8) is 0 Å². The van der Waals surface area contributed by atoms with E-state index in [1.807, 2.05) is 91.0 Å². The van der Waals surface area contributed by atoms with Crippen molar-refractivity contribution in [3.8, 4) is 0 Å². The van der Waals surface area contributed by atoms with Gasteiger partial charge in [-0.3, -0.25) is 0 Å². The molecule has 0 heterocycles. The molecule has 0 radical (unpaired) electrons. The third-order valence-corrected chi connectivity index (χ3v) is 6.36. The molecule has 180 valence electrons. The summed E-state index contributed by atoms with van der Waals surface area (Å²) in [4.78, 5) is 30.7. The van der Waals surface area contributed by atoms with Gasteiger partial charge in [0.05, 0.1) is 0 Å². The molecule has 3 aromatic rings. The number of rotatable bonds is 9. The summed E-state index contributed by atoms with van der Waals surface area (Å²) >= 11 is 0. The molecule has 0 spiro atoms. The Balaban J connectivity index is 0.000000473. The predicted octanol–water partition coefficient (Wildman–Crippen LogP) is 2.81. The average molecular weight is 534 g/mol. The Hall–Kier alpha value is -1.24. The fraction of sp³-hybridized carbons (Fsp3) is 0.250. The molecule has 3 rings (SSSR count). The van der Waals surface area contributed by atoms with Crippen LogP contribution in [0.15, 0.2) is 91.0 Å². The minimum atomic E-state index is -2.53. The van der Waals surface area contributed by atoms with Gasteiger partial charge in [-0.2, -0.15) is 0 Å². The van der Waals surface area contributed by atoms with Crippen LogP contribution in [0.4, 0.5) is 0 Å². The normalized spacial score (nSPS) is 12.4.